The normalized spacial score (nSPS) is 19.4. The van der Waals surface area contributed by atoms with E-state index < -0.39 is 54.9 Å². The summed E-state index contributed by atoms with van der Waals surface area (Å²) in [5.74, 6) is -6.33. The van der Waals surface area contributed by atoms with E-state index in [-0.39, 0.29) is 12.5 Å². The maximum Gasteiger partial charge on any atom is 0.407 e. The second-order valence-corrected chi connectivity index (χ2v) is 9.07. The number of aliphatic carboxylic acids is 1. The highest BCUT2D eigenvalue weighted by atomic mass is 19.3. The average Bonchev–Trinajstić information content (AvgIpc) is 3.30. The van der Waals surface area contributed by atoms with Gasteiger partial charge in [0.2, 0.25) is 5.91 Å². The lowest BCUT2D eigenvalue weighted by atomic mass is 9.98. The van der Waals surface area contributed by atoms with Crippen LogP contribution >= 0.6 is 0 Å². The number of halogens is 2. The van der Waals surface area contributed by atoms with E-state index in [0.717, 1.165) is 22.3 Å². The largest absolute Gasteiger partial charge is 0.480 e. The van der Waals surface area contributed by atoms with E-state index in [2.05, 4.69) is 5.32 Å². The molecule has 2 aliphatic rings. The predicted octanol–water partition coefficient (Wildman–Crippen LogP) is 3.87. The van der Waals surface area contributed by atoms with Crippen molar-refractivity contribution in [3.63, 3.8) is 0 Å². The van der Waals surface area contributed by atoms with Crippen LogP contribution in [0.4, 0.5) is 13.6 Å². The summed E-state index contributed by atoms with van der Waals surface area (Å²) in [6.07, 6.45) is -1.82. The van der Waals surface area contributed by atoms with Crippen LogP contribution in [0.15, 0.2) is 48.5 Å². The first-order valence-corrected chi connectivity index (χ1v) is 11.1. The molecule has 1 saturated heterocycles. The number of amides is 2. The smallest absolute Gasteiger partial charge is 0.407 e. The zero-order valence-corrected chi connectivity index (χ0v) is 18.8. The molecule has 0 saturated carbocycles. The van der Waals surface area contributed by atoms with E-state index in [4.69, 9.17) is 4.74 Å². The maximum atomic E-state index is 13.9. The summed E-state index contributed by atoms with van der Waals surface area (Å²) in [6, 6.07) is 12.8. The number of alkyl halides is 2. The van der Waals surface area contributed by atoms with Gasteiger partial charge in [0.15, 0.2) is 0 Å². The van der Waals surface area contributed by atoms with Gasteiger partial charge in [0.25, 0.3) is 5.92 Å². The zero-order chi connectivity index (χ0) is 24.6. The monoisotopic (exact) mass is 472 g/mol. The average molecular weight is 472 g/mol. The summed E-state index contributed by atoms with van der Waals surface area (Å²) < 4.78 is 33.2. The molecule has 1 fully saturated rings. The molecule has 0 spiro atoms. The first-order valence-electron chi connectivity index (χ1n) is 11.1. The van der Waals surface area contributed by atoms with Crippen LogP contribution in [-0.4, -0.2) is 59.1 Å². The minimum atomic E-state index is -3.30. The fraction of sp³-hybridized carbons (Fsp3) is 0.400. The van der Waals surface area contributed by atoms with Gasteiger partial charge in [-0.1, -0.05) is 62.4 Å². The highest BCUT2D eigenvalue weighted by Gasteiger charge is 2.51. The van der Waals surface area contributed by atoms with Crippen molar-refractivity contribution >= 4 is 18.0 Å². The molecule has 1 unspecified atom stereocenters. The Bertz CT molecular complexity index is 1070. The number of alkyl carbamates (subject to hydrolysis) is 1. The Morgan fingerprint density at radius 2 is 1.65 bits per heavy atom. The molecule has 34 heavy (non-hydrogen) atoms. The third-order valence-electron chi connectivity index (χ3n) is 6.39. The molecule has 0 bridgehead atoms. The Morgan fingerprint density at radius 3 is 2.18 bits per heavy atom. The Balaban J connectivity index is 1.45. The van der Waals surface area contributed by atoms with Gasteiger partial charge in [0.1, 0.15) is 18.7 Å². The van der Waals surface area contributed by atoms with Crippen molar-refractivity contribution in [2.45, 2.75) is 44.2 Å². The van der Waals surface area contributed by atoms with E-state index >= 15 is 0 Å². The second-order valence-electron chi connectivity index (χ2n) is 9.07. The van der Waals surface area contributed by atoms with Crippen LogP contribution in [0.5, 0.6) is 0 Å². The SMILES string of the molecule is CC(C)C(NC(=O)OCC1c2ccccc2-c2ccccc21)C(=O)N1CC(F)(F)C[C@@H]1C(=O)O. The number of carbonyl (C=O) groups is 3. The molecular formula is C25H26F2N2O5. The van der Waals surface area contributed by atoms with Crippen LogP contribution < -0.4 is 5.32 Å². The lowest BCUT2D eigenvalue weighted by molar-refractivity contribution is -0.149. The first kappa shape index (κ1) is 23.7. The zero-order valence-electron chi connectivity index (χ0n) is 18.8. The van der Waals surface area contributed by atoms with Gasteiger partial charge in [-0.05, 0) is 28.2 Å². The van der Waals surface area contributed by atoms with Crippen molar-refractivity contribution in [3.05, 3.63) is 59.7 Å². The summed E-state index contributed by atoms with van der Waals surface area (Å²) in [5.41, 5.74) is 4.18. The van der Waals surface area contributed by atoms with Gasteiger partial charge in [0, 0.05) is 12.3 Å². The molecule has 2 amide bonds. The van der Waals surface area contributed by atoms with Gasteiger partial charge in [-0.3, -0.25) is 4.79 Å². The molecule has 2 aromatic carbocycles. The minimum Gasteiger partial charge on any atom is -0.480 e. The molecule has 2 N–H and O–H groups in total. The fourth-order valence-corrected chi connectivity index (χ4v) is 4.73. The lowest BCUT2D eigenvalue weighted by Gasteiger charge is -2.29. The molecule has 9 heteroatoms. The number of fused-ring (bicyclic) bond motifs is 3. The highest BCUT2D eigenvalue weighted by molar-refractivity contribution is 5.90. The number of hydrogen-bond acceptors (Lipinski definition) is 4. The Morgan fingerprint density at radius 1 is 1.09 bits per heavy atom. The molecule has 1 heterocycles. The van der Waals surface area contributed by atoms with Crippen LogP contribution in [-0.2, 0) is 14.3 Å². The summed E-state index contributed by atoms with van der Waals surface area (Å²) in [5, 5.41) is 11.8. The second kappa shape index (κ2) is 9.04. The number of hydrogen-bond donors (Lipinski definition) is 2. The number of benzene rings is 2. The van der Waals surface area contributed by atoms with Crippen molar-refractivity contribution in [2.75, 3.05) is 13.2 Å². The van der Waals surface area contributed by atoms with Crippen molar-refractivity contribution < 1.29 is 33.0 Å². The van der Waals surface area contributed by atoms with E-state index in [9.17, 15) is 28.3 Å². The molecule has 7 nitrogen and oxygen atoms in total. The van der Waals surface area contributed by atoms with Crippen LogP contribution in [0, 0.1) is 5.92 Å². The third-order valence-corrected chi connectivity index (χ3v) is 6.39. The van der Waals surface area contributed by atoms with Crippen LogP contribution in [0.25, 0.3) is 11.1 Å². The minimum absolute atomic E-state index is 0.0262. The van der Waals surface area contributed by atoms with E-state index in [1.807, 2.05) is 48.5 Å². The maximum absolute atomic E-state index is 13.9. The van der Waals surface area contributed by atoms with Crippen molar-refractivity contribution in [1.29, 1.82) is 0 Å². The Kier molecular flexibility index (Phi) is 6.29. The fourth-order valence-electron chi connectivity index (χ4n) is 4.73. The van der Waals surface area contributed by atoms with Crippen LogP contribution in [0.2, 0.25) is 0 Å². The quantitative estimate of drug-likeness (QED) is 0.666. The molecule has 180 valence electrons. The summed E-state index contributed by atoms with van der Waals surface area (Å²) in [4.78, 5) is 37.7. The molecule has 1 aliphatic carbocycles. The van der Waals surface area contributed by atoms with Gasteiger partial charge >= 0.3 is 12.1 Å². The van der Waals surface area contributed by atoms with Crippen LogP contribution in [0.3, 0.4) is 0 Å². The van der Waals surface area contributed by atoms with Gasteiger partial charge in [0.05, 0.1) is 6.54 Å². The van der Waals surface area contributed by atoms with E-state index in [1.54, 1.807) is 13.8 Å². The summed E-state index contributed by atoms with van der Waals surface area (Å²) in [6.45, 7) is 2.30. The van der Waals surface area contributed by atoms with Gasteiger partial charge < -0.3 is 20.1 Å². The van der Waals surface area contributed by atoms with Gasteiger partial charge in [-0.25, -0.2) is 18.4 Å². The molecule has 2 aromatic rings. The number of carbonyl (C=O) groups excluding carboxylic acids is 2. The number of ether oxygens (including phenoxy) is 1. The third kappa shape index (κ3) is 4.47. The number of likely N-dealkylation sites (tertiary alicyclic amines) is 1. The van der Waals surface area contributed by atoms with Crippen molar-refractivity contribution in [3.8, 4) is 11.1 Å². The van der Waals surface area contributed by atoms with Crippen molar-refractivity contribution in [2.24, 2.45) is 5.92 Å². The first-order chi connectivity index (χ1) is 16.1. The van der Waals surface area contributed by atoms with Crippen LogP contribution in [0.1, 0.15) is 37.3 Å². The Labute approximate surface area is 195 Å². The topological polar surface area (TPSA) is 95.9 Å². The molecule has 2 atom stereocenters. The molecule has 4 rings (SSSR count). The summed E-state index contributed by atoms with van der Waals surface area (Å²) >= 11 is 0. The van der Waals surface area contributed by atoms with Gasteiger partial charge in [-0.15, -0.1) is 0 Å². The number of carboxylic acids is 1. The molecule has 0 aromatic heterocycles. The van der Waals surface area contributed by atoms with E-state index in [1.165, 1.54) is 0 Å². The van der Waals surface area contributed by atoms with Crippen molar-refractivity contribution in [1.82, 2.24) is 10.2 Å². The Hall–Kier alpha value is -3.49. The standard InChI is InChI=1S/C25H26F2N2O5/c1-14(2)21(22(30)29-13-25(26,27)11-20(29)23(31)32)28-24(33)34-12-19-17-9-5-3-7-15(17)16-8-4-6-10-18(16)19/h3-10,14,19-21H,11-13H2,1-2H3,(H,28,33)(H,31,32)/t20-,21?/m1/s1. The predicted molar refractivity (Wildman–Crippen MR) is 120 cm³/mol. The number of nitrogens with one attached hydrogen (secondary N) is 1. The van der Waals surface area contributed by atoms with Gasteiger partial charge in [-0.2, -0.15) is 0 Å². The highest BCUT2D eigenvalue weighted by Crippen LogP contribution is 2.44. The van der Waals surface area contributed by atoms with E-state index in [0.29, 0.717) is 4.90 Å². The number of carboxylic acid groups (broad SMARTS) is 1. The summed E-state index contributed by atoms with van der Waals surface area (Å²) in [7, 11) is 0. The molecular weight excluding hydrogens is 446 g/mol. The number of rotatable bonds is 6. The molecule has 0 radical (unpaired) electrons. The lowest BCUT2D eigenvalue weighted by Crippen LogP contribution is -2.54. The number of nitrogens with zero attached hydrogens (tertiary/aromatic N) is 1. The molecule has 1 aliphatic heterocycles.